The van der Waals surface area contributed by atoms with E-state index < -0.39 is 5.60 Å². The molecule has 0 aliphatic carbocycles. The quantitative estimate of drug-likeness (QED) is 0.538. The van der Waals surface area contributed by atoms with Gasteiger partial charge in [0.2, 0.25) is 5.91 Å². The lowest BCUT2D eigenvalue weighted by Gasteiger charge is -2.31. The lowest BCUT2D eigenvalue weighted by Crippen LogP contribution is -2.51. The fourth-order valence-corrected chi connectivity index (χ4v) is 2.83. The maximum absolute atomic E-state index is 12.1. The molecule has 1 saturated heterocycles. The largest absolute Gasteiger partial charge is 0.444 e. The van der Waals surface area contributed by atoms with Gasteiger partial charge in [-0.15, -0.1) is 0 Å². The van der Waals surface area contributed by atoms with E-state index in [1.807, 2.05) is 34.7 Å². The lowest BCUT2D eigenvalue weighted by atomic mass is 10.1. The maximum Gasteiger partial charge on any atom is 0.410 e. The van der Waals surface area contributed by atoms with Gasteiger partial charge in [-0.05, 0) is 40.0 Å². The van der Waals surface area contributed by atoms with E-state index in [1.54, 1.807) is 16.8 Å². The molecule has 1 rings (SSSR count). The van der Waals surface area contributed by atoms with Crippen LogP contribution in [0.5, 0.6) is 0 Å². The number of carbonyl (C=O) groups excluding carboxylic acids is 2. The number of ether oxygens (including phenoxy) is 1. The second kappa shape index (κ2) is 10.4. The van der Waals surface area contributed by atoms with E-state index in [0.29, 0.717) is 26.1 Å². The second-order valence-electron chi connectivity index (χ2n) is 8.34. The third-order valence-electron chi connectivity index (χ3n) is 4.16. The summed E-state index contributed by atoms with van der Waals surface area (Å²) >= 11 is 0. The van der Waals surface area contributed by atoms with E-state index in [4.69, 9.17) is 4.74 Å². The van der Waals surface area contributed by atoms with Crippen molar-refractivity contribution >= 4 is 18.0 Å². The molecule has 8 nitrogen and oxygen atoms in total. The third kappa shape index (κ3) is 8.97. The molecule has 0 spiro atoms. The van der Waals surface area contributed by atoms with Gasteiger partial charge in [-0.25, -0.2) is 4.79 Å². The summed E-state index contributed by atoms with van der Waals surface area (Å²) in [6, 6.07) is 0.199. The Hall–Kier alpha value is -1.99. The van der Waals surface area contributed by atoms with Gasteiger partial charge < -0.3 is 25.2 Å². The third-order valence-corrected chi connectivity index (χ3v) is 4.16. The van der Waals surface area contributed by atoms with E-state index in [9.17, 15) is 9.59 Å². The van der Waals surface area contributed by atoms with Crippen LogP contribution in [0.15, 0.2) is 4.99 Å². The number of rotatable bonds is 6. The SMILES string of the molecule is CCNC(=NCC(C)CN(C)C(=O)OC(C)(C)C)NC1CCC(=O)N(C)C1. The van der Waals surface area contributed by atoms with Crippen LogP contribution < -0.4 is 10.6 Å². The van der Waals surface area contributed by atoms with Crippen molar-refractivity contribution in [3.63, 3.8) is 0 Å². The van der Waals surface area contributed by atoms with Crippen molar-refractivity contribution in [2.75, 3.05) is 40.3 Å². The first-order valence-electron chi connectivity index (χ1n) is 9.74. The minimum atomic E-state index is -0.497. The van der Waals surface area contributed by atoms with Crippen molar-refractivity contribution in [3.05, 3.63) is 0 Å². The van der Waals surface area contributed by atoms with Crippen molar-refractivity contribution in [1.82, 2.24) is 20.4 Å². The summed E-state index contributed by atoms with van der Waals surface area (Å²) in [6.07, 6.45) is 1.05. The number of aliphatic imine (C=N–C) groups is 1. The molecule has 156 valence electrons. The fraction of sp³-hybridized carbons (Fsp3) is 0.842. The Kier molecular flexibility index (Phi) is 8.85. The Balaban J connectivity index is 2.53. The standard InChI is InChI=1S/C19H37N5O3/c1-8-20-17(22-15-9-10-16(25)23(6)13-15)21-11-14(2)12-24(7)18(26)27-19(3,4)5/h14-15H,8-13H2,1-7H3,(H2,20,21,22). The molecule has 2 atom stereocenters. The second-order valence-corrected chi connectivity index (χ2v) is 8.34. The summed E-state index contributed by atoms with van der Waals surface area (Å²) in [5, 5.41) is 6.66. The summed E-state index contributed by atoms with van der Waals surface area (Å²) in [5.74, 6) is 1.12. The number of guanidine groups is 1. The Morgan fingerprint density at radius 2 is 2.11 bits per heavy atom. The Morgan fingerprint density at radius 3 is 2.67 bits per heavy atom. The molecule has 2 N–H and O–H groups in total. The molecule has 0 aromatic carbocycles. The molecule has 2 amide bonds. The van der Waals surface area contributed by atoms with Crippen LogP contribution in [-0.4, -0.2) is 79.7 Å². The number of nitrogens with one attached hydrogen (secondary N) is 2. The van der Waals surface area contributed by atoms with Crippen LogP contribution >= 0.6 is 0 Å². The highest BCUT2D eigenvalue weighted by atomic mass is 16.6. The molecule has 8 heteroatoms. The molecule has 2 unspecified atom stereocenters. The molecule has 0 aromatic rings. The van der Waals surface area contributed by atoms with Crippen molar-refractivity contribution in [2.45, 2.75) is 59.1 Å². The predicted molar refractivity (Wildman–Crippen MR) is 108 cm³/mol. The van der Waals surface area contributed by atoms with Crippen LogP contribution in [0, 0.1) is 5.92 Å². The van der Waals surface area contributed by atoms with E-state index in [2.05, 4.69) is 22.5 Å². The highest BCUT2D eigenvalue weighted by molar-refractivity contribution is 5.81. The zero-order chi connectivity index (χ0) is 20.6. The average Bonchev–Trinajstić information content (AvgIpc) is 2.54. The molecule has 0 bridgehead atoms. The first-order chi connectivity index (χ1) is 12.5. The van der Waals surface area contributed by atoms with Crippen molar-refractivity contribution in [2.24, 2.45) is 10.9 Å². The highest BCUT2D eigenvalue weighted by Gasteiger charge is 2.24. The molecular weight excluding hydrogens is 346 g/mol. The summed E-state index contributed by atoms with van der Waals surface area (Å²) < 4.78 is 5.38. The van der Waals surface area contributed by atoms with Crippen LogP contribution in [0.4, 0.5) is 4.79 Å². The van der Waals surface area contributed by atoms with Crippen LogP contribution in [-0.2, 0) is 9.53 Å². The van der Waals surface area contributed by atoms with Crippen molar-refractivity contribution in [1.29, 1.82) is 0 Å². The molecule has 27 heavy (non-hydrogen) atoms. The summed E-state index contributed by atoms with van der Waals surface area (Å²) in [6.45, 7) is 12.3. The molecule has 0 aromatic heterocycles. The Morgan fingerprint density at radius 1 is 1.44 bits per heavy atom. The maximum atomic E-state index is 12.1. The predicted octanol–water partition coefficient (Wildman–Crippen LogP) is 1.67. The van der Waals surface area contributed by atoms with Gasteiger partial charge >= 0.3 is 6.09 Å². The van der Waals surface area contributed by atoms with Crippen LogP contribution in [0.25, 0.3) is 0 Å². The van der Waals surface area contributed by atoms with Gasteiger partial charge in [0.15, 0.2) is 5.96 Å². The molecule has 1 aliphatic rings. The van der Waals surface area contributed by atoms with Crippen molar-refractivity contribution in [3.8, 4) is 0 Å². The number of amides is 2. The van der Waals surface area contributed by atoms with Gasteiger partial charge in [-0.2, -0.15) is 0 Å². The van der Waals surface area contributed by atoms with Crippen molar-refractivity contribution < 1.29 is 14.3 Å². The molecule has 1 heterocycles. The summed E-state index contributed by atoms with van der Waals surface area (Å²) in [7, 11) is 3.57. The average molecular weight is 384 g/mol. The lowest BCUT2D eigenvalue weighted by molar-refractivity contribution is -0.132. The van der Waals surface area contributed by atoms with Gasteiger partial charge in [-0.3, -0.25) is 9.79 Å². The minimum absolute atomic E-state index is 0.189. The zero-order valence-corrected chi connectivity index (χ0v) is 18.0. The Bertz CT molecular complexity index is 530. The topological polar surface area (TPSA) is 86.3 Å². The number of carbonyl (C=O) groups is 2. The molecule has 0 radical (unpaired) electrons. The first-order valence-corrected chi connectivity index (χ1v) is 9.74. The van der Waals surface area contributed by atoms with E-state index in [1.165, 1.54) is 0 Å². The smallest absolute Gasteiger partial charge is 0.410 e. The van der Waals surface area contributed by atoms with Gasteiger partial charge in [-0.1, -0.05) is 6.92 Å². The van der Waals surface area contributed by atoms with Crippen LogP contribution in [0.1, 0.15) is 47.5 Å². The number of piperidine rings is 1. The van der Waals surface area contributed by atoms with Gasteiger partial charge in [0, 0.05) is 52.7 Å². The monoisotopic (exact) mass is 383 g/mol. The van der Waals surface area contributed by atoms with Gasteiger partial charge in [0.1, 0.15) is 5.60 Å². The summed E-state index contributed by atoms with van der Waals surface area (Å²) in [4.78, 5) is 31.7. The number of likely N-dealkylation sites (N-methyl/N-ethyl adjacent to an activating group) is 1. The fourth-order valence-electron chi connectivity index (χ4n) is 2.83. The molecular formula is C19H37N5O3. The van der Waals surface area contributed by atoms with Crippen LogP contribution in [0.3, 0.4) is 0 Å². The van der Waals surface area contributed by atoms with Gasteiger partial charge in [0.25, 0.3) is 0 Å². The number of nitrogens with zero attached hydrogens (tertiary/aromatic N) is 3. The molecule has 0 saturated carbocycles. The van der Waals surface area contributed by atoms with E-state index in [-0.39, 0.29) is 24.0 Å². The zero-order valence-electron chi connectivity index (χ0n) is 18.0. The van der Waals surface area contributed by atoms with Gasteiger partial charge in [0.05, 0.1) is 0 Å². The van der Waals surface area contributed by atoms with E-state index >= 15 is 0 Å². The highest BCUT2D eigenvalue weighted by Crippen LogP contribution is 2.11. The first kappa shape index (κ1) is 23.0. The van der Waals surface area contributed by atoms with E-state index in [0.717, 1.165) is 18.9 Å². The summed E-state index contributed by atoms with van der Waals surface area (Å²) in [5.41, 5.74) is -0.497. The minimum Gasteiger partial charge on any atom is -0.444 e. The number of likely N-dealkylation sites (tertiary alicyclic amines) is 1. The molecule has 1 aliphatic heterocycles. The molecule has 1 fully saturated rings. The number of hydrogen-bond donors (Lipinski definition) is 2. The van der Waals surface area contributed by atoms with Crippen LogP contribution in [0.2, 0.25) is 0 Å². The normalized spacial score (nSPS) is 19.5. The number of hydrogen-bond acceptors (Lipinski definition) is 4. The Labute approximate surface area is 163 Å².